The number of hydrogen-bond donors (Lipinski definition) is 1. The third-order valence-corrected chi connectivity index (χ3v) is 6.40. The van der Waals surface area contributed by atoms with Crippen LogP contribution < -0.4 is 5.32 Å². The summed E-state index contributed by atoms with van der Waals surface area (Å²) in [5.74, 6) is -0.216. The van der Waals surface area contributed by atoms with E-state index in [2.05, 4.69) is 11.4 Å². The van der Waals surface area contributed by atoms with Crippen molar-refractivity contribution in [3.05, 3.63) is 51.1 Å². The summed E-state index contributed by atoms with van der Waals surface area (Å²) in [6.45, 7) is 1.79. The van der Waals surface area contributed by atoms with Crippen LogP contribution in [0.3, 0.4) is 0 Å². The Morgan fingerprint density at radius 1 is 1.21 bits per heavy atom. The molecule has 3 rings (SSSR count). The molecule has 0 spiro atoms. The maximum Gasteiger partial charge on any atom is 0.237 e. The van der Waals surface area contributed by atoms with Crippen LogP contribution in [0.15, 0.2) is 29.3 Å². The lowest BCUT2D eigenvalue weighted by molar-refractivity contribution is -0.115. The van der Waals surface area contributed by atoms with E-state index in [1.165, 1.54) is 30.2 Å². The van der Waals surface area contributed by atoms with Gasteiger partial charge < -0.3 is 5.32 Å². The molecular formula is C21H21Cl2N3OS. The van der Waals surface area contributed by atoms with Crippen molar-refractivity contribution in [3.63, 3.8) is 0 Å². The number of fused-ring (bicyclic) bond motifs is 1. The normalized spacial score (nSPS) is 14.9. The second kappa shape index (κ2) is 9.65. The van der Waals surface area contributed by atoms with Crippen molar-refractivity contribution >= 4 is 46.6 Å². The van der Waals surface area contributed by atoms with Crippen molar-refractivity contribution in [2.75, 3.05) is 5.32 Å². The van der Waals surface area contributed by atoms with Crippen LogP contribution in [0.4, 0.5) is 5.69 Å². The molecular weight excluding hydrogens is 413 g/mol. The smallest absolute Gasteiger partial charge is 0.237 e. The van der Waals surface area contributed by atoms with Gasteiger partial charge in [0.1, 0.15) is 11.1 Å². The van der Waals surface area contributed by atoms with E-state index in [1.54, 1.807) is 25.1 Å². The minimum atomic E-state index is -0.443. The summed E-state index contributed by atoms with van der Waals surface area (Å²) in [6, 6.07) is 9.11. The average molecular weight is 434 g/mol. The van der Waals surface area contributed by atoms with Gasteiger partial charge in [0.25, 0.3) is 0 Å². The number of pyridine rings is 1. The number of nitrogens with zero attached hydrogens (tertiary/aromatic N) is 2. The molecule has 1 N–H and O–H groups in total. The number of hydrogen-bond acceptors (Lipinski definition) is 4. The minimum absolute atomic E-state index is 0.216. The molecule has 0 saturated heterocycles. The Balaban J connectivity index is 1.78. The summed E-state index contributed by atoms with van der Waals surface area (Å²) < 4.78 is 0. The molecule has 146 valence electrons. The number of aromatic nitrogens is 1. The first-order chi connectivity index (χ1) is 13.5. The summed E-state index contributed by atoms with van der Waals surface area (Å²) >= 11 is 13.4. The number of thioether (sulfide) groups is 1. The number of carbonyl (C=O) groups excluding carboxylic acids is 1. The Hall–Kier alpha value is -1.74. The highest BCUT2D eigenvalue weighted by Crippen LogP contribution is 2.31. The van der Waals surface area contributed by atoms with E-state index in [-0.39, 0.29) is 5.91 Å². The predicted octanol–water partition coefficient (Wildman–Crippen LogP) is 6.04. The molecule has 1 aliphatic rings. The second-order valence-corrected chi connectivity index (χ2v) is 9.02. The van der Waals surface area contributed by atoms with E-state index in [4.69, 9.17) is 28.2 Å². The first kappa shape index (κ1) is 21.0. The quantitative estimate of drug-likeness (QED) is 0.596. The van der Waals surface area contributed by atoms with E-state index in [1.807, 2.05) is 6.07 Å². The SMILES string of the molecule is CC(Sc1nc2c(cc1C#N)CCCCCC2)C(=O)Nc1cc(Cl)ccc1Cl. The van der Waals surface area contributed by atoms with E-state index in [0.29, 0.717) is 26.3 Å². The van der Waals surface area contributed by atoms with Crippen molar-refractivity contribution in [1.82, 2.24) is 4.98 Å². The molecule has 0 bridgehead atoms. The molecule has 1 amide bonds. The maximum absolute atomic E-state index is 12.6. The minimum Gasteiger partial charge on any atom is -0.324 e. The third kappa shape index (κ3) is 5.20. The Kier molecular flexibility index (Phi) is 7.23. The van der Waals surface area contributed by atoms with Gasteiger partial charge >= 0.3 is 0 Å². The Labute approximate surface area is 179 Å². The van der Waals surface area contributed by atoms with Gasteiger partial charge in [-0.3, -0.25) is 4.79 Å². The highest BCUT2D eigenvalue weighted by Gasteiger charge is 2.20. The fourth-order valence-corrected chi connectivity index (χ4v) is 4.42. The molecule has 1 aromatic carbocycles. The summed E-state index contributed by atoms with van der Waals surface area (Å²) in [5, 5.41) is 13.5. The third-order valence-electron chi connectivity index (χ3n) is 4.73. The lowest BCUT2D eigenvalue weighted by atomic mass is 9.96. The van der Waals surface area contributed by atoms with E-state index in [0.717, 1.165) is 31.4 Å². The number of benzene rings is 1. The van der Waals surface area contributed by atoms with Crippen molar-refractivity contribution in [3.8, 4) is 6.07 Å². The zero-order valence-electron chi connectivity index (χ0n) is 15.6. The van der Waals surface area contributed by atoms with Gasteiger partial charge in [-0.1, -0.05) is 47.8 Å². The second-order valence-electron chi connectivity index (χ2n) is 6.85. The predicted molar refractivity (Wildman–Crippen MR) is 115 cm³/mol. The zero-order chi connectivity index (χ0) is 20.1. The molecule has 1 aromatic heterocycles. The molecule has 0 fully saturated rings. The Bertz CT molecular complexity index is 927. The molecule has 2 aromatic rings. The summed E-state index contributed by atoms with van der Waals surface area (Å²) in [6.07, 6.45) is 6.56. The summed E-state index contributed by atoms with van der Waals surface area (Å²) in [7, 11) is 0. The lowest BCUT2D eigenvalue weighted by Crippen LogP contribution is -2.23. The fraction of sp³-hybridized carbons (Fsp3) is 0.381. The molecule has 1 heterocycles. The van der Waals surface area contributed by atoms with Gasteiger partial charge in [0, 0.05) is 10.7 Å². The number of nitriles is 1. The van der Waals surface area contributed by atoms with Crippen molar-refractivity contribution in [2.24, 2.45) is 0 Å². The van der Waals surface area contributed by atoms with Crippen molar-refractivity contribution < 1.29 is 4.79 Å². The Morgan fingerprint density at radius 2 is 1.96 bits per heavy atom. The van der Waals surface area contributed by atoms with Gasteiger partial charge in [-0.15, -0.1) is 0 Å². The number of aryl methyl sites for hydroxylation is 2. The lowest BCUT2D eigenvalue weighted by Gasteiger charge is -2.17. The molecule has 4 nitrogen and oxygen atoms in total. The maximum atomic E-state index is 12.6. The van der Waals surface area contributed by atoms with Crippen LogP contribution in [0, 0.1) is 11.3 Å². The number of carbonyl (C=O) groups is 1. The van der Waals surface area contributed by atoms with Crippen LogP contribution in [0.2, 0.25) is 10.0 Å². The van der Waals surface area contributed by atoms with Crippen LogP contribution in [0.1, 0.15) is 49.4 Å². The zero-order valence-corrected chi connectivity index (χ0v) is 17.9. The van der Waals surface area contributed by atoms with Crippen LogP contribution in [0.25, 0.3) is 0 Å². The molecule has 0 saturated carbocycles. The first-order valence-corrected chi connectivity index (χ1v) is 11.0. The van der Waals surface area contributed by atoms with Gasteiger partial charge in [-0.2, -0.15) is 5.26 Å². The summed E-state index contributed by atoms with van der Waals surface area (Å²) in [5.41, 5.74) is 3.23. The number of rotatable bonds is 4. The molecule has 0 radical (unpaired) electrons. The number of amides is 1. The van der Waals surface area contributed by atoms with E-state index >= 15 is 0 Å². The average Bonchev–Trinajstić information content (AvgIpc) is 2.65. The van der Waals surface area contributed by atoms with Gasteiger partial charge in [0.15, 0.2) is 0 Å². The van der Waals surface area contributed by atoms with Gasteiger partial charge in [-0.05, 0) is 62.4 Å². The molecule has 1 unspecified atom stereocenters. The molecule has 7 heteroatoms. The van der Waals surface area contributed by atoms with Crippen molar-refractivity contribution in [2.45, 2.75) is 55.7 Å². The largest absolute Gasteiger partial charge is 0.324 e. The van der Waals surface area contributed by atoms with Crippen LogP contribution in [-0.4, -0.2) is 16.1 Å². The number of halogens is 2. The van der Waals surface area contributed by atoms with Gasteiger partial charge in [0.2, 0.25) is 5.91 Å². The van der Waals surface area contributed by atoms with Crippen LogP contribution in [0.5, 0.6) is 0 Å². The molecule has 0 aliphatic heterocycles. The van der Waals surface area contributed by atoms with Crippen LogP contribution in [-0.2, 0) is 17.6 Å². The number of anilines is 1. The molecule has 1 atom stereocenters. The topological polar surface area (TPSA) is 65.8 Å². The van der Waals surface area contributed by atoms with E-state index in [9.17, 15) is 10.1 Å². The Morgan fingerprint density at radius 3 is 2.71 bits per heavy atom. The van der Waals surface area contributed by atoms with E-state index < -0.39 is 5.25 Å². The molecule has 28 heavy (non-hydrogen) atoms. The first-order valence-electron chi connectivity index (χ1n) is 9.33. The monoisotopic (exact) mass is 433 g/mol. The molecule has 1 aliphatic carbocycles. The summed E-state index contributed by atoms with van der Waals surface area (Å²) in [4.78, 5) is 17.4. The van der Waals surface area contributed by atoms with Crippen LogP contribution >= 0.6 is 35.0 Å². The van der Waals surface area contributed by atoms with Gasteiger partial charge in [-0.25, -0.2) is 4.98 Å². The highest BCUT2D eigenvalue weighted by atomic mass is 35.5. The number of nitrogens with one attached hydrogen (secondary N) is 1. The standard InChI is InChI=1S/C21H21Cl2N3OS/c1-13(20(27)25-19-11-16(22)8-9-17(19)23)28-21-15(12-24)10-14-6-4-2-3-5-7-18(14)26-21/h8-11,13H,2-7H2,1H3,(H,25,27). The highest BCUT2D eigenvalue weighted by molar-refractivity contribution is 8.00. The van der Waals surface area contributed by atoms with Crippen molar-refractivity contribution in [1.29, 1.82) is 5.26 Å². The fourth-order valence-electron chi connectivity index (χ4n) is 3.19. The van der Waals surface area contributed by atoms with Gasteiger partial charge in [0.05, 0.1) is 21.5 Å².